The molecular weight excluding hydrogens is 304 g/mol. The molecule has 1 heterocycles. The van der Waals surface area contributed by atoms with Crippen LogP contribution < -0.4 is 0 Å². The van der Waals surface area contributed by atoms with Crippen LogP contribution in [0.15, 0.2) is 11.3 Å². The summed E-state index contributed by atoms with van der Waals surface area (Å²) in [4.78, 5) is 38.9. The summed E-state index contributed by atoms with van der Waals surface area (Å²) >= 11 is 0. The predicted octanol–water partition coefficient (Wildman–Crippen LogP) is 3.77. The molecule has 0 aromatic rings. The van der Waals surface area contributed by atoms with Crippen molar-refractivity contribution in [2.75, 3.05) is 0 Å². The second-order valence-corrected chi connectivity index (χ2v) is 9.32. The molecule has 1 aliphatic heterocycles. The number of carbonyl (C=O) groups excluding carboxylic acids is 3. The van der Waals surface area contributed by atoms with Gasteiger partial charge in [0.05, 0.1) is 0 Å². The van der Waals surface area contributed by atoms with Crippen LogP contribution in [0.2, 0.25) is 0 Å². The minimum atomic E-state index is -1.42. The number of ether oxygens (including phenoxy) is 1. The topological polar surface area (TPSA) is 60.4 Å². The fraction of sp³-hybridized carbons (Fsp3) is 0.750. The van der Waals surface area contributed by atoms with Crippen LogP contribution in [0.5, 0.6) is 0 Å². The van der Waals surface area contributed by atoms with Gasteiger partial charge in [0.1, 0.15) is 5.76 Å². The molecule has 0 bridgehead atoms. The zero-order chi connectivity index (χ0) is 17.9. The van der Waals surface area contributed by atoms with Gasteiger partial charge in [-0.1, -0.05) is 41.0 Å². The maximum Gasteiger partial charge on any atom is 0.230 e. The van der Waals surface area contributed by atoms with Gasteiger partial charge in [0.25, 0.3) is 0 Å². The minimum Gasteiger partial charge on any atom is -0.475 e. The Morgan fingerprint density at radius 2 is 1.46 bits per heavy atom. The Morgan fingerprint density at radius 1 is 0.917 bits per heavy atom. The summed E-state index contributed by atoms with van der Waals surface area (Å²) in [5.41, 5.74) is -1.30. The summed E-state index contributed by atoms with van der Waals surface area (Å²) in [6.45, 7) is 9.98. The molecule has 0 aromatic heterocycles. The average molecular weight is 332 g/mol. The SMILES string of the molecule is CCCC1C2=C(CC(C)(C)CC2=O)OC12C(=O)CC(C)(C)CC2=O. The molecule has 1 fully saturated rings. The van der Waals surface area contributed by atoms with Crippen LogP contribution in [0.1, 0.15) is 73.1 Å². The van der Waals surface area contributed by atoms with E-state index in [-0.39, 0.29) is 28.2 Å². The first-order chi connectivity index (χ1) is 11.0. The van der Waals surface area contributed by atoms with Gasteiger partial charge in [-0.2, -0.15) is 0 Å². The van der Waals surface area contributed by atoms with E-state index in [1.807, 2.05) is 34.6 Å². The third-order valence-electron chi connectivity index (χ3n) is 5.69. The van der Waals surface area contributed by atoms with E-state index in [0.29, 0.717) is 43.4 Å². The van der Waals surface area contributed by atoms with Gasteiger partial charge in [0, 0.05) is 37.2 Å². The Kier molecular flexibility index (Phi) is 3.82. The second-order valence-electron chi connectivity index (χ2n) is 9.32. The van der Waals surface area contributed by atoms with Crippen molar-refractivity contribution in [3.8, 4) is 0 Å². The number of allylic oxidation sites excluding steroid dienone is 1. The van der Waals surface area contributed by atoms with Crippen molar-refractivity contribution in [3.05, 3.63) is 11.3 Å². The van der Waals surface area contributed by atoms with Crippen LogP contribution in [-0.4, -0.2) is 23.0 Å². The van der Waals surface area contributed by atoms with Gasteiger partial charge in [-0.25, -0.2) is 0 Å². The van der Waals surface area contributed by atoms with E-state index >= 15 is 0 Å². The van der Waals surface area contributed by atoms with Gasteiger partial charge in [0.15, 0.2) is 17.3 Å². The van der Waals surface area contributed by atoms with E-state index in [1.54, 1.807) is 0 Å². The molecule has 4 nitrogen and oxygen atoms in total. The van der Waals surface area contributed by atoms with Gasteiger partial charge < -0.3 is 4.74 Å². The Hall–Kier alpha value is -1.45. The highest BCUT2D eigenvalue weighted by Crippen LogP contribution is 2.54. The van der Waals surface area contributed by atoms with Crippen LogP contribution in [-0.2, 0) is 19.1 Å². The molecule has 1 saturated carbocycles. The maximum atomic E-state index is 13.1. The van der Waals surface area contributed by atoms with E-state index in [0.717, 1.165) is 6.42 Å². The number of hydrogen-bond donors (Lipinski definition) is 0. The summed E-state index contributed by atoms with van der Waals surface area (Å²) in [5, 5.41) is 0. The van der Waals surface area contributed by atoms with E-state index in [1.165, 1.54) is 0 Å². The van der Waals surface area contributed by atoms with Gasteiger partial charge in [-0.3, -0.25) is 14.4 Å². The first-order valence-electron chi connectivity index (χ1n) is 9.04. The number of ketones is 3. The maximum absolute atomic E-state index is 13.1. The Bertz CT molecular complexity index is 631. The molecule has 0 saturated heterocycles. The first-order valence-corrected chi connectivity index (χ1v) is 9.04. The summed E-state index contributed by atoms with van der Waals surface area (Å²) in [6, 6.07) is 0. The van der Waals surface area contributed by atoms with Crippen LogP contribution in [0.3, 0.4) is 0 Å². The van der Waals surface area contributed by atoms with Gasteiger partial charge in [-0.15, -0.1) is 0 Å². The van der Waals surface area contributed by atoms with Crippen molar-refractivity contribution in [2.45, 2.75) is 78.7 Å². The quantitative estimate of drug-likeness (QED) is 0.722. The lowest BCUT2D eigenvalue weighted by molar-refractivity contribution is -0.163. The molecule has 2 aliphatic carbocycles. The van der Waals surface area contributed by atoms with Crippen LogP contribution in [0, 0.1) is 16.7 Å². The molecule has 0 amide bonds. The molecule has 0 aromatic carbocycles. The average Bonchev–Trinajstić information content (AvgIpc) is 2.70. The van der Waals surface area contributed by atoms with Crippen molar-refractivity contribution in [2.24, 2.45) is 16.7 Å². The van der Waals surface area contributed by atoms with Crippen molar-refractivity contribution in [3.63, 3.8) is 0 Å². The van der Waals surface area contributed by atoms with Gasteiger partial charge in [-0.05, 0) is 17.3 Å². The Balaban J connectivity index is 2.07. The van der Waals surface area contributed by atoms with Crippen molar-refractivity contribution in [1.29, 1.82) is 0 Å². The predicted molar refractivity (Wildman–Crippen MR) is 90.3 cm³/mol. The Morgan fingerprint density at radius 3 is 2.00 bits per heavy atom. The highest BCUT2D eigenvalue weighted by atomic mass is 16.5. The first kappa shape index (κ1) is 17.4. The van der Waals surface area contributed by atoms with E-state index < -0.39 is 11.5 Å². The third-order valence-corrected chi connectivity index (χ3v) is 5.69. The molecule has 4 heteroatoms. The van der Waals surface area contributed by atoms with Crippen LogP contribution in [0.4, 0.5) is 0 Å². The van der Waals surface area contributed by atoms with Crippen LogP contribution >= 0.6 is 0 Å². The van der Waals surface area contributed by atoms with Gasteiger partial charge >= 0.3 is 0 Å². The van der Waals surface area contributed by atoms with Crippen LogP contribution in [0.25, 0.3) is 0 Å². The van der Waals surface area contributed by atoms with Gasteiger partial charge in [0.2, 0.25) is 5.60 Å². The Labute approximate surface area is 144 Å². The molecule has 0 radical (unpaired) electrons. The molecule has 3 aliphatic rings. The minimum absolute atomic E-state index is 0.0574. The molecule has 24 heavy (non-hydrogen) atoms. The standard InChI is InChI=1S/C20H28O4/c1-6-7-12-17-13(21)8-18(2,3)9-14(17)24-20(12)15(22)10-19(4,5)11-16(20)23/h12H,6-11H2,1-5H3. The largest absolute Gasteiger partial charge is 0.475 e. The van der Waals surface area contributed by atoms with Crippen molar-refractivity contribution >= 4 is 17.3 Å². The molecule has 0 N–H and O–H groups in total. The number of rotatable bonds is 2. The molecule has 132 valence electrons. The lowest BCUT2D eigenvalue weighted by Crippen LogP contribution is -2.57. The third kappa shape index (κ3) is 2.46. The number of carbonyl (C=O) groups is 3. The zero-order valence-electron chi connectivity index (χ0n) is 15.5. The summed E-state index contributed by atoms with van der Waals surface area (Å²) < 4.78 is 6.14. The normalized spacial score (nSPS) is 30.5. The lowest BCUT2D eigenvalue weighted by atomic mass is 9.62. The van der Waals surface area contributed by atoms with Crippen molar-refractivity contribution in [1.82, 2.24) is 0 Å². The number of hydrogen-bond acceptors (Lipinski definition) is 4. The lowest BCUT2D eigenvalue weighted by Gasteiger charge is -2.41. The van der Waals surface area contributed by atoms with E-state index in [9.17, 15) is 14.4 Å². The summed E-state index contributed by atoms with van der Waals surface area (Å²) in [5.74, 6) is -0.000253. The highest BCUT2D eigenvalue weighted by molar-refractivity contribution is 6.16. The fourth-order valence-corrected chi connectivity index (χ4v) is 4.71. The molecule has 3 rings (SSSR count). The smallest absolute Gasteiger partial charge is 0.230 e. The summed E-state index contributed by atoms with van der Waals surface area (Å²) in [7, 11) is 0. The molecule has 1 atom stereocenters. The highest BCUT2D eigenvalue weighted by Gasteiger charge is 2.64. The molecule has 1 spiro atoms. The number of Topliss-reactive ketones (excluding diaryl/α,β-unsaturated/α-hetero) is 3. The molecule has 1 unspecified atom stereocenters. The van der Waals surface area contributed by atoms with E-state index in [4.69, 9.17) is 4.74 Å². The monoisotopic (exact) mass is 332 g/mol. The van der Waals surface area contributed by atoms with E-state index in [2.05, 4.69) is 0 Å². The van der Waals surface area contributed by atoms with Crippen molar-refractivity contribution < 1.29 is 19.1 Å². The molecular formula is C20H28O4. The fourth-order valence-electron chi connectivity index (χ4n) is 4.71. The zero-order valence-corrected chi connectivity index (χ0v) is 15.5. The summed E-state index contributed by atoms with van der Waals surface area (Å²) in [6.07, 6.45) is 3.20. The second kappa shape index (κ2) is 5.27.